The number of aliphatic imine (C=N–C) groups is 1. The fourth-order valence-electron chi connectivity index (χ4n) is 1.80. The first-order valence-corrected chi connectivity index (χ1v) is 5.87. The topological polar surface area (TPSA) is 87.8 Å². The smallest absolute Gasteiger partial charge is 0.345 e. The summed E-state index contributed by atoms with van der Waals surface area (Å²) in [5, 5.41) is 2.69. The number of carbonyl (C=O) groups is 2. The van der Waals surface area contributed by atoms with Crippen molar-refractivity contribution in [3.8, 4) is 0 Å². The second-order valence-corrected chi connectivity index (χ2v) is 4.54. The molecule has 0 bridgehead atoms. The summed E-state index contributed by atoms with van der Waals surface area (Å²) in [4.78, 5) is 28.4. The zero-order valence-electron chi connectivity index (χ0n) is 10.6. The maximum absolute atomic E-state index is 11.6. The molecule has 3 amide bonds. The standard InChI is InChI=1S/C11H20N4O2/c1-4-13-9(16)5-8-10(12)14-11(17)15(8)6-7(2)3/h7-8H,4-6H2,1-3H3,(H,13,16)(H2,12,14,17). The summed E-state index contributed by atoms with van der Waals surface area (Å²) in [7, 11) is 0. The molecule has 0 spiro atoms. The summed E-state index contributed by atoms with van der Waals surface area (Å²) in [6.45, 7) is 6.99. The van der Waals surface area contributed by atoms with Crippen LogP contribution >= 0.6 is 0 Å². The van der Waals surface area contributed by atoms with Crippen LogP contribution in [0.1, 0.15) is 27.2 Å². The van der Waals surface area contributed by atoms with Crippen LogP contribution in [0.15, 0.2) is 4.99 Å². The Hall–Kier alpha value is -1.59. The number of urea groups is 1. The molecule has 0 radical (unpaired) electrons. The zero-order valence-corrected chi connectivity index (χ0v) is 10.6. The Morgan fingerprint density at radius 2 is 2.24 bits per heavy atom. The third-order valence-corrected chi connectivity index (χ3v) is 2.50. The number of nitrogens with one attached hydrogen (secondary N) is 1. The third kappa shape index (κ3) is 3.44. The van der Waals surface area contributed by atoms with Crippen molar-refractivity contribution in [1.82, 2.24) is 10.2 Å². The molecule has 1 rings (SSSR count). The molecule has 1 atom stereocenters. The van der Waals surface area contributed by atoms with Gasteiger partial charge in [0, 0.05) is 13.1 Å². The highest BCUT2D eigenvalue weighted by atomic mass is 16.2. The van der Waals surface area contributed by atoms with Crippen LogP contribution in [0.5, 0.6) is 0 Å². The number of amidine groups is 1. The van der Waals surface area contributed by atoms with Crippen LogP contribution in [0.3, 0.4) is 0 Å². The zero-order chi connectivity index (χ0) is 13.0. The van der Waals surface area contributed by atoms with E-state index in [1.54, 1.807) is 4.90 Å². The minimum atomic E-state index is -0.392. The van der Waals surface area contributed by atoms with Gasteiger partial charge in [-0.3, -0.25) is 4.79 Å². The fourth-order valence-corrected chi connectivity index (χ4v) is 1.80. The van der Waals surface area contributed by atoms with Crippen LogP contribution < -0.4 is 11.1 Å². The molecule has 1 aliphatic rings. The van der Waals surface area contributed by atoms with Crippen molar-refractivity contribution >= 4 is 17.8 Å². The van der Waals surface area contributed by atoms with Gasteiger partial charge in [0.1, 0.15) is 5.84 Å². The molecule has 0 saturated carbocycles. The van der Waals surface area contributed by atoms with Crippen molar-refractivity contribution in [2.24, 2.45) is 16.6 Å². The minimum absolute atomic E-state index is 0.112. The Kier molecular flexibility index (Phi) is 4.48. The molecule has 0 saturated heterocycles. The van der Waals surface area contributed by atoms with Gasteiger partial charge in [0.15, 0.2) is 0 Å². The summed E-state index contributed by atoms with van der Waals surface area (Å²) in [5.74, 6) is 0.442. The SMILES string of the molecule is CCNC(=O)CC1C(N)=NC(=O)N1CC(C)C. The van der Waals surface area contributed by atoms with Crippen LogP contribution in [-0.2, 0) is 4.79 Å². The first-order chi connectivity index (χ1) is 7.95. The first-order valence-electron chi connectivity index (χ1n) is 5.87. The lowest BCUT2D eigenvalue weighted by molar-refractivity contribution is -0.121. The van der Waals surface area contributed by atoms with E-state index in [-0.39, 0.29) is 24.2 Å². The molecule has 0 aromatic carbocycles. The van der Waals surface area contributed by atoms with Gasteiger partial charge in [-0.05, 0) is 12.8 Å². The number of hydrogen-bond donors (Lipinski definition) is 2. The quantitative estimate of drug-likeness (QED) is 0.726. The average Bonchev–Trinajstić information content (AvgIpc) is 2.45. The maximum Gasteiger partial charge on any atom is 0.345 e. The molecule has 6 heteroatoms. The molecule has 0 aromatic rings. The molecule has 0 aromatic heterocycles. The van der Waals surface area contributed by atoms with Crippen LogP contribution in [0.4, 0.5) is 4.79 Å². The molecule has 17 heavy (non-hydrogen) atoms. The largest absolute Gasteiger partial charge is 0.385 e. The summed E-state index contributed by atoms with van der Waals surface area (Å²) in [5.41, 5.74) is 5.69. The highest BCUT2D eigenvalue weighted by molar-refractivity contribution is 6.04. The van der Waals surface area contributed by atoms with E-state index in [9.17, 15) is 9.59 Å². The van der Waals surface area contributed by atoms with Crippen LogP contribution in [0, 0.1) is 5.92 Å². The van der Waals surface area contributed by atoms with E-state index in [4.69, 9.17) is 5.73 Å². The van der Waals surface area contributed by atoms with Crippen molar-refractivity contribution in [1.29, 1.82) is 0 Å². The Morgan fingerprint density at radius 1 is 1.59 bits per heavy atom. The summed E-state index contributed by atoms with van der Waals surface area (Å²) in [6, 6.07) is -0.734. The van der Waals surface area contributed by atoms with E-state index < -0.39 is 6.04 Å². The Labute approximate surface area is 101 Å². The van der Waals surface area contributed by atoms with Crippen molar-refractivity contribution < 1.29 is 9.59 Å². The van der Waals surface area contributed by atoms with E-state index in [1.807, 2.05) is 20.8 Å². The number of hydrogen-bond acceptors (Lipinski definition) is 3. The number of rotatable bonds is 5. The summed E-state index contributed by atoms with van der Waals surface area (Å²) < 4.78 is 0. The van der Waals surface area contributed by atoms with Gasteiger partial charge < -0.3 is 16.0 Å². The number of carbonyl (C=O) groups excluding carboxylic acids is 2. The lowest BCUT2D eigenvalue weighted by Crippen LogP contribution is -2.45. The van der Waals surface area contributed by atoms with Crippen LogP contribution in [0.25, 0.3) is 0 Å². The van der Waals surface area contributed by atoms with Gasteiger partial charge in [-0.15, -0.1) is 0 Å². The predicted octanol–water partition coefficient (Wildman–Crippen LogP) is 0.330. The van der Waals surface area contributed by atoms with Gasteiger partial charge in [-0.25, -0.2) is 4.79 Å². The number of nitrogens with zero attached hydrogens (tertiary/aromatic N) is 2. The average molecular weight is 240 g/mol. The molecule has 1 aliphatic heterocycles. The molecule has 0 aliphatic carbocycles. The Morgan fingerprint density at radius 3 is 2.76 bits per heavy atom. The van der Waals surface area contributed by atoms with E-state index in [0.717, 1.165) is 0 Å². The molecule has 3 N–H and O–H groups in total. The maximum atomic E-state index is 11.6. The van der Waals surface area contributed by atoms with Crippen LogP contribution in [0.2, 0.25) is 0 Å². The highest BCUT2D eigenvalue weighted by Crippen LogP contribution is 2.16. The second kappa shape index (κ2) is 5.65. The molecule has 6 nitrogen and oxygen atoms in total. The van der Waals surface area contributed by atoms with Gasteiger partial charge >= 0.3 is 6.03 Å². The lowest BCUT2D eigenvalue weighted by Gasteiger charge is -2.25. The van der Waals surface area contributed by atoms with Crippen molar-refractivity contribution in [3.05, 3.63) is 0 Å². The Balaban J connectivity index is 2.69. The third-order valence-electron chi connectivity index (χ3n) is 2.50. The summed E-state index contributed by atoms with van der Waals surface area (Å²) in [6.07, 6.45) is 0.182. The normalized spacial score (nSPS) is 19.8. The molecular weight excluding hydrogens is 220 g/mol. The minimum Gasteiger partial charge on any atom is -0.385 e. The van der Waals surface area contributed by atoms with Gasteiger partial charge in [0.05, 0.1) is 12.5 Å². The highest BCUT2D eigenvalue weighted by Gasteiger charge is 2.34. The van der Waals surface area contributed by atoms with Crippen LogP contribution in [-0.4, -0.2) is 41.8 Å². The van der Waals surface area contributed by atoms with Gasteiger partial charge in [0.25, 0.3) is 0 Å². The fraction of sp³-hybridized carbons (Fsp3) is 0.727. The van der Waals surface area contributed by atoms with Gasteiger partial charge in [-0.2, -0.15) is 4.99 Å². The monoisotopic (exact) mass is 240 g/mol. The molecule has 1 unspecified atom stereocenters. The predicted molar refractivity (Wildman–Crippen MR) is 65.7 cm³/mol. The lowest BCUT2D eigenvalue weighted by atomic mass is 10.1. The van der Waals surface area contributed by atoms with E-state index in [0.29, 0.717) is 19.0 Å². The van der Waals surface area contributed by atoms with Crippen molar-refractivity contribution in [3.63, 3.8) is 0 Å². The Bertz CT molecular complexity index is 338. The molecular formula is C11H20N4O2. The van der Waals surface area contributed by atoms with Crippen molar-refractivity contribution in [2.45, 2.75) is 33.2 Å². The first kappa shape index (κ1) is 13.5. The number of amides is 3. The van der Waals surface area contributed by atoms with Gasteiger partial charge in [-0.1, -0.05) is 13.8 Å². The van der Waals surface area contributed by atoms with E-state index in [1.165, 1.54) is 0 Å². The molecule has 96 valence electrons. The van der Waals surface area contributed by atoms with Crippen molar-refractivity contribution in [2.75, 3.05) is 13.1 Å². The van der Waals surface area contributed by atoms with E-state index >= 15 is 0 Å². The van der Waals surface area contributed by atoms with E-state index in [2.05, 4.69) is 10.3 Å². The van der Waals surface area contributed by atoms with Gasteiger partial charge in [0.2, 0.25) is 5.91 Å². The second-order valence-electron chi connectivity index (χ2n) is 4.54. The molecule has 1 heterocycles. The molecule has 0 fully saturated rings. The summed E-state index contributed by atoms with van der Waals surface area (Å²) >= 11 is 0. The number of nitrogens with two attached hydrogens (primary N) is 1.